The molecule has 0 amide bonds. The monoisotopic (exact) mass is 435 g/mol. The zero-order valence-electron chi connectivity index (χ0n) is 15.3. The van der Waals surface area contributed by atoms with Gasteiger partial charge in [-0.3, -0.25) is 0 Å². The maximum Gasteiger partial charge on any atom is 0.227 e. The molecule has 1 heterocycles. The molecule has 30 heavy (non-hydrogen) atoms. The largest absolute Gasteiger partial charge is 0.324 e. The molecule has 0 saturated carbocycles. The van der Waals surface area contributed by atoms with Gasteiger partial charge in [0.25, 0.3) is 0 Å². The van der Waals surface area contributed by atoms with Crippen LogP contribution in [0.5, 0.6) is 0 Å². The van der Waals surface area contributed by atoms with E-state index in [2.05, 4.69) is 20.0 Å². The van der Waals surface area contributed by atoms with Crippen LogP contribution in [-0.2, 0) is 9.71 Å². The second-order valence-corrected chi connectivity index (χ2v) is 8.40. The molecule has 1 unspecified atom stereocenters. The molecule has 0 aliphatic rings. The van der Waals surface area contributed by atoms with Crippen molar-refractivity contribution in [2.45, 2.75) is 0 Å². The number of halogens is 4. The van der Waals surface area contributed by atoms with Crippen LogP contribution in [0.1, 0.15) is 5.56 Å². The van der Waals surface area contributed by atoms with Crippen LogP contribution in [0.3, 0.4) is 0 Å². The highest BCUT2D eigenvalue weighted by molar-refractivity contribution is 7.99. The fourth-order valence-corrected chi connectivity index (χ4v) is 3.45. The third-order valence-electron chi connectivity index (χ3n) is 3.72. The van der Waals surface area contributed by atoms with Gasteiger partial charge in [0.2, 0.25) is 5.95 Å². The highest BCUT2D eigenvalue weighted by atomic mass is 32.2. The zero-order chi connectivity index (χ0) is 21.9. The Kier molecular flexibility index (Phi) is 5.89. The molecule has 2 aromatic carbocycles. The maximum atomic E-state index is 14.1. The molecule has 0 aliphatic carbocycles. The summed E-state index contributed by atoms with van der Waals surface area (Å²) in [4.78, 5) is 7.62. The van der Waals surface area contributed by atoms with Gasteiger partial charge in [0, 0.05) is 28.9 Å². The maximum absolute atomic E-state index is 14.1. The second kappa shape index (κ2) is 8.38. The van der Waals surface area contributed by atoms with Gasteiger partial charge in [0.1, 0.15) is 23.1 Å². The van der Waals surface area contributed by atoms with Gasteiger partial charge >= 0.3 is 0 Å². The summed E-state index contributed by atoms with van der Waals surface area (Å²) in [6.45, 7) is 0. The van der Waals surface area contributed by atoms with Crippen molar-refractivity contribution in [3.8, 4) is 17.5 Å². The van der Waals surface area contributed by atoms with Gasteiger partial charge in [-0.25, -0.2) is 36.5 Å². The Morgan fingerprint density at radius 1 is 1.07 bits per heavy atom. The lowest BCUT2D eigenvalue weighted by Gasteiger charge is -2.10. The summed E-state index contributed by atoms with van der Waals surface area (Å²) in [5, 5.41) is 12.4. The molecule has 0 aliphatic heterocycles. The molecule has 0 spiro atoms. The molecule has 1 atom stereocenters. The first-order chi connectivity index (χ1) is 14.2. The number of nitrogens with zero attached hydrogens (tertiary/aromatic N) is 3. The lowest BCUT2D eigenvalue weighted by atomic mass is 10.1. The number of nitriles is 1. The Morgan fingerprint density at radius 3 is 2.53 bits per heavy atom. The van der Waals surface area contributed by atoms with Crippen LogP contribution in [0, 0.1) is 34.7 Å². The number of benzene rings is 2. The van der Waals surface area contributed by atoms with Crippen molar-refractivity contribution < 1.29 is 21.8 Å². The summed E-state index contributed by atoms with van der Waals surface area (Å²) in [6.07, 6.45) is 3.61. The van der Waals surface area contributed by atoms with Crippen LogP contribution in [0.25, 0.3) is 11.3 Å². The molecule has 0 fully saturated rings. The van der Waals surface area contributed by atoms with Crippen molar-refractivity contribution in [3.05, 3.63) is 71.4 Å². The lowest BCUT2D eigenvalue weighted by molar-refractivity contribution is 0.580. The van der Waals surface area contributed by atoms with E-state index >= 15 is 0 Å². The van der Waals surface area contributed by atoms with Gasteiger partial charge < -0.3 is 5.32 Å². The minimum Gasteiger partial charge on any atom is -0.324 e. The fourth-order valence-electron chi connectivity index (χ4n) is 2.56. The standard InChI is InChI=1S/C19H13F4N5OS/c1-30(29,26-10-24)9-11-4-13(21)6-14(5-11)27-19-25-8-17(23)18(28-19)15-3-2-12(20)7-16(15)22/h2-9H,1H3,(H,26,29)(H,25,27,28). The molecule has 3 rings (SSSR count). The minimum atomic E-state index is -2.88. The average molecular weight is 435 g/mol. The van der Waals surface area contributed by atoms with Crippen LogP contribution in [0.4, 0.5) is 29.2 Å². The van der Waals surface area contributed by atoms with Gasteiger partial charge in [-0.05, 0) is 35.9 Å². The number of aromatic nitrogens is 2. The van der Waals surface area contributed by atoms with Gasteiger partial charge in [0.15, 0.2) is 12.0 Å². The van der Waals surface area contributed by atoms with Crippen LogP contribution >= 0.6 is 0 Å². The predicted molar refractivity (Wildman–Crippen MR) is 105 cm³/mol. The highest BCUT2D eigenvalue weighted by Crippen LogP contribution is 2.26. The topological polar surface area (TPSA) is 90.7 Å². The molecule has 0 bridgehead atoms. The number of nitrogens with one attached hydrogen (secondary N) is 2. The first-order valence-electron chi connectivity index (χ1n) is 8.22. The summed E-state index contributed by atoms with van der Waals surface area (Å²) in [7, 11) is -2.88. The summed E-state index contributed by atoms with van der Waals surface area (Å²) >= 11 is 0. The van der Waals surface area contributed by atoms with Crippen LogP contribution in [0.15, 0.2) is 42.6 Å². The molecule has 1 aromatic heterocycles. The van der Waals surface area contributed by atoms with E-state index < -0.39 is 38.7 Å². The predicted octanol–water partition coefficient (Wildman–Crippen LogP) is 3.49. The minimum absolute atomic E-state index is 0.130. The Hall–Kier alpha value is -3.65. The summed E-state index contributed by atoms with van der Waals surface area (Å²) in [5.74, 6) is -3.65. The van der Waals surface area contributed by atoms with E-state index in [4.69, 9.17) is 5.26 Å². The van der Waals surface area contributed by atoms with Crippen LogP contribution in [-0.4, -0.2) is 25.8 Å². The SMILES string of the molecule is CS(=O)(=Cc1cc(F)cc(Nc2ncc(F)c(-c3ccc(F)cc3F)n2)c1)NC#N. The molecule has 3 aromatic rings. The Morgan fingerprint density at radius 2 is 1.83 bits per heavy atom. The quantitative estimate of drug-likeness (QED) is 0.277. The number of hydrogen-bond donors (Lipinski definition) is 2. The Balaban J connectivity index is 1.98. The van der Waals surface area contributed by atoms with Gasteiger partial charge in [0.05, 0.1) is 15.9 Å². The third-order valence-corrected chi connectivity index (χ3v) is 4.93. The van der Waals surface area contributed by atoms with E-state index in [0.717, 1.165) is 30.5 Å². The molecule has 0 radical (unpaired) electrons. The molecule has 11 heteroatoms. The van der Waals surface area contributed by atoms with Gasteiger partial charge in [-0.15, -0.1) is 0 Å². The van der Waals surface area contributed by atoms with E-state index in [9.17, 15) is 21.8 Å². The Bertz CT molecular complexity index is 1280. The van der Waals surface area contributed by atoms with Crippen LogP contribution in [0.2, 0.25) is 0 Å². The van der Waals surface area contributed by atoms with Gasteiger partial charge in [-0.1, -0.05) is 0 Å². The second-order valence-electron chi connectivity index (χ2n) is 6.15. The van der Waals surface area contributed by atoms with E-state index in [1.54, 1.807) is 6.19 Å². The molecular weight excluding hydrogens is 422 g/mol. The molecular formula is C19H13F4N5OS. The number of rotatable bonds is 5. The van der Waals surface area contributed by atoms with Crippen molar-refractivity contribution in [1.29, 1.82) is 5.26 Å². The normalized spacial score (nSPS) is 12.5. The van der Waals surface area contributed by atoms with Crippen molar-refractivity contribution in [2.75, 3.05) is 11.6 Å². The summed E-state index contributed by atoms with van der Waals surface area (Å²) in [5.41, 5.74) is -0.367. The molecule has 6 nitrogen and oxygen atoms in total. The van der Waals surface area contributed by atoms with Crippen molar-refractivity contribution in [1.82, 2.24) is 14.7 Å². The smallest absolute Gasteiger partial charge is 0.227 e. The summed E-state index contributed by atoms with van der Waals surface area (Å²) in [6, 6.07) is 6.16. The first-order valence-corrected chi connectivity index (χ1v) is 10.3. The van der Waals surface area contributed by atoms with Gasteiger partial charge in [-0.2, -0.15) is 5.26 Å². The zero-order valence-corrected chi connectivity index (χ0v) is 16.1. The van der Waals surface area contributed by atoms with Crippen molar-refractivity contribution in [2.24, 2.45) is 0 Å². The fraction of sp³-hybridized carbons (Fsp3) is 0.0526. The average Bonchev–Trinajstić information content (AvgIpc) is 2.62. The van der Waals surface area contributed by atoms with E-state index in [1.165, 1.54) is 17.7 Å². The van der Waals surface area contributed by atoms with Crippen molar-refractivity contribution >= 4 is 26.7 Å². The molecule has 2 N–H and O–H groups in total. The summed E-state index contributed by atoms with van der Waals surface area (Å²) < 4.78 is 69.5. The lowest BCUT2D eigenvalue weighted by Crippen LogP contribution is -2.18. The van der Waals surface area contributed by atoms with E-state index in [1.807, 2.05) is 0 Å². The highest BCUT2D eigenvalue weighted by Gasteiger charge is 2.15. The number of anilines is 2. The van der Waals surface area contributed by atoms with Crippen molar-refractivity contribution in [3.63, 3.8) is 0 Å². The number of hydrogen-bond acceptors (Lipinski definition) is 5. The Labute approximate surface area is 169 Å². The van der Waals surface area contributed by atoms with Crippen LogP contribution < -0.4 is 10.0 Å². The van der Waals surface area contributed by atoms with E-state index in [-0.39, 0.29) is 22.8 Å². The first kappa shape index (κ1) is 21.1. The van der Waals surface area contributed by atoms with E-state index in [0.29, 0.717) is 6.07 Å². The molecule has 0 saturated heterocycles. The molecule has 154 valence electrons. The third kappa shape index (κ3) is 5.03.